The smallest absolute Gasteiger partial charge is 0.168 e. The third kappa shape index (κ3) is 1.71. The van der Waals surface area contributed by atoms with E-state index in [1.54, 1.807) is 0 Å². The van der Waals surface area contributed by atoms with E-state index in [0.717, 1.165) is 19.4 Å². The second-order valence-corrected chi connectivity index (χ2v) is 3.78. The SMILES string of the molecule is COc1c(F)cc(F)c(O)c1C1CCCN1. The topological polar surface area (TPSA) is 41.5 Å². The first kappa shape index (κ1) is 11.1. The van der Waals surface area contributed by atoms with Crippen molar-refractivity contribution in [2.24, 2.45) is 0 Å². The molecule has 5 heteroatoms. The molecule has 16 heavy (non-hydrogen) atoms. The van der Waals surface area contributed by atoms with Crippen LogP contribution >= 0.6 is 0 Å². The fraction of sp³-hybridized carbons (Fsp3) is 0.455. The molecule has 0 radical (unpaired) electrons. The van der Waals surface area contributed by atoms with Gasteiger partial charge in [0.05, 0.1) is 12.7 Å². The quantitative estimate of drug-likeness (QED) is 0.816. The molecule has 1 saturated heterocycles. The molecule has 1 aliphatic heterocycles. The molecule has 88 valence electrons. The standard InChI is InChI=1S/C11H13F2NO2/c1-16-11-7(13)5-6(12)10(15)9(11)8-3-2-4-14-8/h5,8,14-15H,2-4H2,1H3. The number of rotatable bonds is 2. The fourth-order valence-electron chi connectivity index (χ4n) is 2.07. The fourth-order valence-corrected chi connectivity index (χ4v) is 2.07. The molecular weight excluding hydrogens is 216 g/mol. The minimum atomic E-state index is -0.956. The van der Waals surface area contributed by atoms with Gasteiger partial charge in [0.25, 0.3) is 0 Å². The number of nitrogens with one attached hydrogen (secondary N) is 1. The van der Waals surface area contributed by atoms with Gasteiger partial charge in [-0.25, -0.2) is 8.78 Å². The van der Waals surface area contributed by atoms with Crippen molar-refractivity contribution in [3.63, 3.8) is 0 Å². The summed E-state index contributed by atoms with van der Waals surface area (Å²) in [4.78, 5) is 0. The Kier molecular flexibility index (Phi) is 2.96. The number of aromatic hydroxyl groups is 1. The summed E-state index contributed by atoms with van der Waals surface area (Å²) in [5.41, 5.74) is 0.178. The van der Waals surface area contributed by atoms with E-state index in [-0.39, 0.29) is 17.4 Å². The van der Waals surface area contributed by atoms with E-state index in [9.17, 15) is 13.9 Å². The molecule has 1 fully saturated rings. The van der Waals surface area contributed by atoms with Gasteiger partial charge in [-0.1, -0.05) is 0 Å². The lowest BCUT2D eigenvalue weighted by Crippen LogP contribution is -2.15. The molecule has 0 amide bonds. The summed E-state index contributed by atoms with van der Waals surface area (Å²) < 4.78 is 31.6. The summed E-state index contributed by atoms with van der Waals surface area (Å²) in [6.45, 7) is 0.769. The highest BCUT2D eigenvalue weighted by Crippen LogP contribution is 2.40. The molecule has 0 aromatic heterocycles. The Morgan fingerprint density at radius 2 is 2.19 bits per heavy atom. The number of ether oxygens (including phenoxy) is 1. The lowest BCUT2D eigenvalue weighted by atomic mass is 10.0. The Balaban J connectivity index is 2.54. The van der Waals surface area contributed by atoms with E-state index in [4.69, 9.17) is 4.74 Å². The second kappa shape index (κ2) is 4.25. The maximum atomic E-state index is 13.4. The van der Waals surface area contributed by atoms with Gasteiger partial charge >= 0.3 is 0 Å². The number of hydrogen-bond donors (Lipinski definition) is 2. The molecule has 1 heterocycles. The van der Waals surface area contributed by atoms with E-state index in [1.165, 1.54) is 7.11 Å². The van der Waals surface area contributed by atoms with Crippen molar-refractivity contribution in [1.82, 2.24) is 5.32 Å². The van der Waals surface area contributed by atoms with Crippen LogP contribution in [0.3, 0.4) is 0 Å². The van der Waals surface area contributed by atoms with Gasteiger partial charge < -0.3 is 15.2 Å². The zero-order valence-electron chi connectivity index (χ0n) is 8.89. The zero-order valence-corrected chi connectivity index (χ0v) is 8.89. The van der Waals surface area contributed by atoms with Crippen LogP contribution in [0.15, 0.2) is 6.07 Å². The van der Waals surface area contributed by atoms with Crippen molar-refractivity contribution in [1.29, 1.82) is 0 Å². The summed E-state index contributed by atoms with van der Waals surface area (Å²) in [7, 11) is 1.30. The molecule has 1 aromatic rings. The Morgan fingerprint density at radius 3 is 2.75 bits per heavy atom. The summed E-state index contributed by atoms with van der Waals surface area (Å²) >= 11 is 0. The molecule has 0 aliphatic carbocycles. The average molecular weight is 229 g/mol. The summed E-state index contributed by atoms with van der Waals surface area (Å²) in [6.07, 6.45) is 1.64. The predicted molar refractivity (Wildman–Crippen MR) is 54.6 cm³/mol. The van der Waals surface area contributed by atoms with Crippen LogP contribution in [0.4, 0.5) is 8.78 Å². The number of phenolic OH excluding ortho intramolecular Hbond substituents is 1. The first-order valence-electron chi connectivity index (χ1n) is 5.13. The van der Waals surface area contributed by atoms with Crippen molar-refractivity contribution in [2.45, 2.75) is 18.9 Å². The van der Waals surface area contributed by atoms with Gasteiger partial charge in [0, 0.05) is 12.1 Å². The van der Waals surface area contributed by atoms with Gasteiger partial charge in [-0.15, -0.1) is 0 Å². The monoisotopic (exact) mass is 229 g/mol. The highest BCUT2D eigenvalue weighted by molar-refractivity contribution is 5.48. The second-order valence-electron chi connectivity index (χ2n) is 3.78. The molecule has 1 unspecified atom stereocenters. The van der Waals surface area contributed by atoms with Crippen molar-refractivity contribution in [2.75, 3.05) is 13.7 Å². The summed E-state index contributed by atoms with van der Waals surface area (Å²) in [5.74, 6) is -2.36. The first-order valence-corrected chi connectivity index (χ1v) is 5.13. The molecule has 2 rings (SSSR count). The van der Waals surface area contributed by atoms with Crippen molar-refractivity contribution < 1.29 is 18.6 Å². The number of halogens is 2. The summed E-state index contributed by atoms with van der Waals surface area (Å²) in [6, 6.07) is 0.382. The molecule has 3 nitrogen and oxygen atoms in total. The Morgan fingerprint density at radius 1 is 1.44 bits per heavy atom. The zero-order chi connectivity index (χ0) is 11.7. The highest BCUT2D eigenvalue weighted by atomic mass is 19.1. The average Bonchev–Trinajstić information content (AvgIpc) is 2.76. The van der Waals surface area contributed by atoms with Gasteiger partial charge in [0.1, 0.15) is 0 Å². The number of methoxy groups -OCH3 is 1. The molecule has 0 spiro atoms. The van der Waals surface area contributed by atoms with Crippen LogP contribution in [0.1, 0.15) is 24.4 Å². The van der Waals surface area contributed by atoms with Crippen LogP contribution in [-0.4, -0.2) is 18.8 Å². The third-order valence-electron chi connectivity index (χ3n) is 2.81. The molecule has 0 bridgehead atoms. The minimum absolute atomic E-state index is 0.0849. The van der Waals surface area contributed by atoms with Crippen molar-refractivity contribution in [3.05, 3.63) is 23.3 Å². The van der Waals surface area contributed by atoms with Gasteiger partial charge in [0.2, 0.25) is 0 Å². The maximum absolute atomic E-state index is 13.4. The van der Waals surface area contributed by atoms with Gasteiger partial charge in [-0.05, 0) is 19.4 Å². The van der Waals surface area contributed by atoms with Crippen LogP contribution < -0.4 is 10.1 Å². The Hall–Kier alpha value is -1.36. The lowest BCUT2D eigenvalue weighted by molar-refractivity contribution is 0.353. The first-order chi connectivity index (χ1) is 7.65. The van der Waals surface area contributed by atoms with Crippen LogP contribution in [0, 0.1) is 11.6 Å². The van der Waals surface area contributed by atoms with Crippen molar-refractivity contribution in [3.8, 4) is 11.5 Å². The summed E-state index contributed by atoms with van der Waals surface area (Å²) in [5, 5.41) is 12.7. The largest absolute Gasteiger partial charge is 0.504 e. The van der Waals surface area contributed by atoms with E-state index in [0.29, 0.717) is 6.07 Å². The molecule has 1 atom stereocenters. The predicted octanol–water partition coefficient (Wildman–Crippen LogP) is 2.10. The van der Waals surface area contributed by atoms with E-state index >= 15 is 0 Å². The Bertz CT molecular complexity index is 403. The number of benzene rings is 1. The van der Waals surface area contributed by atoms with Crippen LogP contribution in [-0.2, 0) is 0 Å². The normalized spacial score (nSPS) is 20.1. The minimum Gasteiger partial charge on any atom is -0.504 e. The number of phenols is 1. The van der Waals surface area contributed by atoms with E-state index in [2.05, 4.69) is 5.32 Å². The molecule has 0 saturated carbocycles. The maximum Gasteiger partial charge on any atom is 0.168 e. The molecule has 1 aliphatic rings. The Labute approximate surface area is 92.0 Å². The van der Waals surface area contributed by atoms with E-state index in [1.807, 2.05) is 0 Å². The lowest BCUT2D eigenvalue weighted by Gasteiger charge is -2.17. The van der Waals surface area contributed by atoms with Crippen LogP contribution in [0.25, 0.3) is 0 Å². The van der Waals surface area contributed by atoms with Gasteiger partial charge in [-0.3, -0.25) is 0 Å². The van der Waals surface area contributed by atoms with Gasteiger partial charge in [0.15, 0.2) is 23.1 Å². The molecule has 1 aromatic carbocycles. The third-order valence-corrected chi connectivity index (χ3v) is 2.81. The van der Waals surface area contributed by atoms with Crippen molar-refractivity contribution >= 4 is 0 Å². The number of hydrogen-bond acceptors (Lipinski definition) is 3. The molecular formula is C11H13F2NO2. The van der Waals surface area contributed by atoms with E-state index < -0.39 is 17.4 Å². The van der Waals surface area contributed by atoms with Crippen LogP contribution in [0.2, 0.25) is 0 Å². The molecule has 2 N–H and O–H groups in total. The van der Waals surface area contributed by atoms with Gasteiger partial charge in [-0.2, -0.15) is 0 Å². The van der Waals surface area contributed by atoms with Crippen LogP contribution in [0.5, 0.6) is 11.5 Å². The highest BCUT2D eigenvalue weighted by Gasteiger charge is 2.27.